The van der Waals surface area contributed by atoms with E-state index in [9.17, 15) is 29.4 Å². The van der Waals surface area contributed by atoms with E-state index in [2.05, 4.69) is 25.9 Å². The molecule has 0 fully saturated rings. The molecule has 4 unspecified atom stereocenters. The zero-order valence-electron chi connectivity index (χ0n) is 21.5. The second-order valence-corrected chi connectivity index (χ2v) is 8.49. The lowest BCUT2D eigenvalue weighted by Gasteiger charge is -2.24. The van der Waals surface area contributed by atoms with Crippen molar-refractivity contribution in [1.82, 2.24) is 16.0 Å². The molecule has 4 atom stereocenters. The van der Waals surface area contributed by atoms with Crippen molar-refractivity contribution in [1.29, 1.82) is 0 Å². The van der Waals surface area contributed by atoms with Crippen molar-refractivity contribution in [3.8, 4) is 0 Å². The van der Waals surface area contributed by atoms with Gasteiger partial charge in [0.1, 0.15) is 18.1 Å². The Balaban J connectivity index is 5.30. The summed E-state index contributed by atoms with van der Waals surface area (Å²) in [6.45, 7) is -0.0142. The van der Waals surface area contributed by atoms with Crippen molar-refractivity contribution in [2.24, 2.45) is 44.4 Å². The van der Waals surface area contributed by atoms with Crippen LogP contribution in [0.5, 0.6) is 0 Å². The van der Waals surface area contributed by atoms with Gasteiger partial charge in [-0.25, -0.2) is 4.79 Å². The van der Waals surface area contributed by atoms with Crippen LogP contribution in [-0.2, 0) is 19.2 Å². The Morgan fingerprint density at radius 3 is 1.66 bits per heavy atom. The number of carbonyl (C=O) groups excluding carboxylic acids is 3. The summed E-state index contributed by atoms with van der Waals surface area (Å²) in [5, 5.41) is 26.2. The molecule has 0 aromatic rings. The number of aliphatic hydroxyl groups excluding tert-OH is 1. The molecule has 0 saturated heterocycles. The molecule has 17 N–H and O–H groups in total. The zero-order valence-corrected chi connectivity index (χ0v) is 21.5. The molecule has 17 nitrogen and oxygen atoms in total. The predicted molar refractivity (Wildman–Crippen MR) is 141 cm³/mol. The molecule has 0 aromatic heterocycles. The van der Waals surface area contributed by atoms with Crippen molar-refractivity contribution in [2.45, 2.75) is 69.1 Å². The first-order chi connectivity index (χ1) is 17.9. The maximum Gasteiger partial charge on any atom is 0.326 e. The number of hydrogen-bond donors (Lipinski definition) is 11. The normalized spacial score (nSPS) is 13.8. The number of nitrogens with zero attached hydrogens (tertiary/aromatic N) is 2. The van der Waals surface area contributed by atoms with Gasteiger partial charge in [0, 0.05) is 13.1 Å². The average Bonchev–Trinajstić information content (AvgIpc) is 2.85. The number of carboxylic acids is 1. The fourth-order valence-corrected chi connectivity index (χ4v) is 3.19. The number of rotatable bonds is 20. The Kier molecular flexibility index (Phi) is 17.5. The number of unbranched alkanes of at least 4 members (excludes halogenated alkanes) is 1. The van der Waals surface area contributed by atoms with Crippen LogP contribution < -0.4 is 50.4 Å². The van der Waals surface area contributed by atoms with Gasteiger partial charge in [-0.1, -0.05) is 0 Å². The Morgan fingerprint density at radius 2 is 1.16 bits per heavy atom. The quantitative estimate of drug-likeness (QED) is 0.0389. The molecule has 0 radical (unpaired) electrons. The van der Waals surface area contributed by atoms with Gasteiger partial charge in [-0.05, 0) is 51.5 Å². The molecule has 3 amide bonds. The minimum Gasteiger partial charge on any atom is -0.480 e. The van der Waals surface area contributed by atoms with Crippen LogP contribution in [0.4, 0.5) is 0 Å². The minimum atomic E-state index is -1.47. The maximum atomic E-state index is 13.0. The Hall–Kier alpha value is -3.70. The van der Waals surface area contributed by atoms with E-state index in [0.717, 1.165) is 0 Å². The van der Waals surface area contributed by atoms with E-state index >= 15 is 0 Å². The molecule has 0 heterocycles. The largest absolute Gasteiger partial charge is 0.480 e. The highest BCUT2D eigenvalue weighted by atomic mass is 16.4. The summed E-state index contributed by atoms with van der Waals surface area (Å²) in [5.41, 5.74) is 32.4. The fraction of sp³-hybridized carbons (Fsp3) is 0.714. The number of amides is 3. The first-order valence-corrected chi connectivity index (χ1v) is 12.2. The summed E-state index contributed by atoms with van der Waals surface area (Å²) in [6, 6.07) is -4.82. The van der Waals surface area contributed by atoms with E-state index in [1.807, 2.05) is 0 Å². The highest BCUT2D eigenvalue weighted by Crippen LogP contribution is 2.04. The van der Waals surface area contributed by atoms with Crippen LogP contribution in [0, 0.1) is 0 Å². The summed E-state index contributed by atoms with van der Waals surface area (Å²) >= 11 is 0. The standard InChI is InChI=1S/C21H43N11O6/c22-8-2-1-6-14(19(37)38)31-18(36)15(11-33)32-17(35)13(7-4-10-29-21(26)27)30-16(34)12(23)5-3-9-28-20(24)25/h12-15,33H,1-11,22-23H2,(H,30,34)(H,31,36)(H,32,35)(H,37,38)(H4,24,25,28)(H4,26,27,29). The molecule has 17 heteroatoms. The lowest BCUT2D eigenvalue weighted by molar-refractivity contribution is -0.142. The van der Waals surface area contributed by atoms with Crippen molar-refractivity contribution in [3.05, 3.63) is 0 Å². The summed E-state index contributed by atoms with van der Waals surface area (Å²) in [6.07, 6.45) is 2.15. The van der Waals surface area contributed by atoms with Gasteiger partial charge in [0.25, 0.3) is 0 Å². The minimum absolute atomic E-state index is 0.0751. The molecule has 0 aliphatic heterocycles. The molecule has 0 aliphatic rings. The number of nitrogens with two attached hydrogens (primary N) is 6. The number of nitrogens with one attached hydrogen (secondary N) is 3. The molecule has 0 spiro atoms. The summed E-state index contributed by atoms with van der Waals surface area (Å²) in [5.74, 6) is -3.82. The molecule has 0 rings (SSSR count). The van der Waals surface area contributed by atoms with Gasteiger partial charge >= 0.3 is 5.97 Å². The second kappa shape index (κ2) is 19.4. The Bertz CT molecular complexity index is 815. The third-order valence-electron chi connectivity index (χ3n) is 5.26. The Labute approximate surface area is 221 Å². The molecule has 0 aromatic carbocycles. The van der Waals surface area contributed by atoms with E-state index in [0.29, 0.717) is 25.8 Å². The fourth-order valence-electron chi connectivity index (χ4n) is 3.19. The highest BCUT2D eigenvalue weighted by Gasteiger charge is 2.29. The number of aliphatic carboxylic acids is 1. The van der Waals surface area contributed by atoms with Crippen LogP contribution in [0.2, 0.25) is 0 Å². The van der Waals surface area contributed by atoms with E-state index in [1.165, 1.54) is 0 Å². The van der Waals surface area contributed by atoms with Crippen molar-refractivity contribution >= 4 is 35.6 Å². The molecular weight excluding hydrogens is 502 g/mol. The van der Waals surface area contributed by atoms with Gasteiger partial charge in [-0.3, -0.25) is 24.4 Å². The smallest absolute Gasteiger partial charge is 0.326 e. The average molecular weight is 546 g/mol. The summed E-state index contributed by atoms with van der Waals surface area (Å²) in [4.78, 5) is 57.2. The summed E-state index contributed by atoms with van der Waals surface area (Å²) in [7, 11) is 0. The number of guanidine groups is 2. The number of carboxylic acid groups (broad SMARTS) is 1. The number of carbonyl (C=O) groups is 4. The van der Waals surface area contributed by atoms with Gasteiger partial charge in [0.2, 0.25) is 17.7 Å². The van der Waals surface area contributed by atoms with Crippen molar-refractivity contribution in [2.75, 3.05) is 26.2 Å². The molecule has 0 aliphatic carbocycles. The van der Waals surface area contributed by atoms with E-state index in [4.69, 9.17) is 34.4 Å². The van der Waals surface area contributed by atoms with Gasteiger partial charge in [0.15, 0.2) is 11.9 Å². The Morgan fingerprint density at radius 1 is 0.684 bits per heavy atom. The van der Waals surface area contributed by atoms with E-state index < -0.39 is 54.5 Å². The first-order valence-electron chi connectivity index (χ1n) is 12.2. The molecule has 218 valence electrons. The van der Waals surface area contributed by atoms with Gasteiger partial charge in [-0.2, -0.15) is 0 Å². The molecule has 0 bridgehead atoms. The van der Waals surface area contributed by atoms with Crippen LogP contribution in [0.1, 0.15) is 44.9 Å². The highest BCUT2D eigenvalue weighted by molar-refractivity contribution is 5.94. The van der Waals surface area contributed by atoms with Crippen molar-refractivity contribution in [3.63, 3.8) is 0 Å². The zero-order chi connectivity index (χ0) is 29.1. The number of aliphatic imine (C=N–C) groups is 2. The summed E-state index contributed by atoms with van der Waals surface area (Å²) < 4.78 is 0. The third kappa shape index (κ3) is 15.4. The van der Waals surface area contributed by atoms with Gasteiger partial charge in [0.05, 0.1) is 12.6 Å². The maximum absolute atomic E-state index is 13.0. The van der Waals surface area contributed by atoms with Crippen LogP contribution in [0.15, 0.2) is 9.98 Å². The van der Waals surface area contributed by atoms with Crippen LogP contribution in [-0.4, -0.2) is 96.2 Å². The topological polar surface area (TPSA) is 326 Å². The van der Waals surface area contributed by atoms with Crippen LogP contribution in [0.25, 0.3) is 0 Å². The first kappa shape index (κ1) is 34.3. The molecular formula is C21H43N11O6. The number of hydrogen-bond acceptors (Lipinski definition) is 9. The van der Waals surface area contributed by atoms with Crippen LogP contribution >= 0.6 is 0 Å². The molecule has 0 saturated carbocycles. The van der Waals surface area contributed by atoms with Crippen molar-refractivity contribution < 1.29 is 29.4 Å². The van der Waals surface area contributed by atoms with Gasteiger partial charge < -0.3 is 60.6 Å². The monoisotopic (exact) mass is 545 g/mol. The predicted octanol–water partition coefficient (Wildman–Crippen LogP) is -4.92. The molecule has 38 heavy (non-hydrogen) atoms. The van der Waals surface area contributed by atoms with Crippen LogP contribution in [0.3, 0.4) is 0 Å². The van der Waals surface area contributed by atoms with E-state index in [-0.39, 0.29) is 50.7 Å². The SMILES string of the molecule is NCCCCC(NC(=O)C(CO)NC(=O)C(CCCN=C(N)N)NC(=O)C(N)CCCN=C(N)N)C(=O)O. The van der Waals surface area contributed by atoms with E-state index in [1.54, 1.807) is 0 Å². The van der Waals surface area contributed by atoms with Gasteiger partial charge in [-0.15, -0.1) is 0 Å². The number of aliphatic hydroxyl groups is 1. The lowest BCUT2D eigenvalue weighted by Crippen LogP contribution is -2.58. The third-order valence-corrected chi connectivity index (χ3v) is 5.26. The lowest BCUT2D eigenvalue weighted by atomic mass is 10.1. The second-order valence-electron chi connectivity index (χ2n) is 8.49.